The molecule has 0 saturated carbocycles. The van der Waals surface area contributed by atoms with Crippen molar-refractivity contribution in [2.45, 2.75) is 20.3 Å². The van der Waals surface area contributed by atoms with E-state index in [1.807, 2.05) is 4.90 Å². The summed E-state index contributed by atoms with van der Waals surface area (Å²) in [4.78, 5) is 22.6. The Kier molecular flexibility index (Phi) is 3.91. The van der Waals surface area contributed by atoms with Crippen LogP contribution in [0.3, 0.4) is 0 Å². The third-order valence-corrected chi connectivity index (χ3v) is 3.94. The number of hydrogen-bond donors (Lipinski definition) is 1. The molecule has 0 bridgehead atoms. The van der Waals surface area contributed by atoms with Crippen molar-refractivity contribution < 1.29 is 4.79 Å². The smallest absolute Gasteiger partial charge is 0.226 e. The second-order valence-corrected chi connectivity index (χ2v) is 6.16. The number of nitrogens with one attached hydrogen (secondary N) is 1. The molecule has 2 aromatic heterocycles. The first-order chi connectivity index (χ1) is 10.6. The third-order valence-electron chi connectivity index (χ3n) is 3.94. The Morgan fingerprint density at radius 2 is 2.18 bits per heavy atom. The first-order valence-corrected chi connectivity index (χ1v) is 7.59. The summed E-state index contributed by atoms with van der Waals surface area (Å²) in [6.45, 7) is 6.37. The maximum absolute atomic E-state index is 12.0. The highest BCUT2D eigenvalue weighted by atomic mass is 16.2. The van der Waals surface area contributed by atoms with Crippen LogP contribution in [0.15, 0.2) is 6.33 Å². The van der Waals surface area contributed by atoms with Crippen molar-refractivity contribution in [3.63, 3.8) is 0 Å². The van der Waals surface area contributed by atoms with Gasteiger partial charge in [0, 0.05) is 26.7 Å². The van der Waals surface area contributed by atoms with E-state index in [1.54, 1.807) is 11.7 Å². The maximum Gasteiger partial charge on any atom is 0.226 e. The van der Waals surface area contributed by atoms with Crippen LogP contribution in [0.5, 0.6) is 0 Å². The molecule has 0 atom stereocenters. The molecule has 1 aliphatic heterocycles. The van der Waals surface area contributed by atoms with Crippen LogP contribution in [0, 0.1) is 11.8 Å². The summed E-state index contributed by atoms with van der Waals surface area (Å²) in [5.74, 6) is 1.50. The minimum Gasteiger partial charge on any atom is -0.356 e. The Morgan fingerprint density at radius 3 is 2.91 bits per heavy atom. The molecule has 118 valence electrons. The molecule has 0 aliphatic carbocycles. The molecule has 22 heavy (non-hydrogen) atoms. The molecule has 3 heterocycles. The molecule has 0 radical (unpaired) electrons. The minimum atomic E-state index is 0.0221. The Hall–Kier alpha value is -2.25. The number of aryl methyl sites for hydroxylation is 1. The summed E-state index contributed by atoms with van der Waals surface area (Å²) < 4.78 is 1.62. The summed E-state index contributed by atoms with van der Waals surface area (Å²) in [6.07, 6.45) is 2.52. The van der Waals surface area contributed by atoms with Crippen LogP contribution in [0.4, 0.5) is 5.82 Å². The lowest BCUT2D eigenvalue weighted by molar-refractivity contribution is -0.125. The van der Waals surface area contributed by atoms with Gasteiger partial charge in [-0.1, -0.05) is 19.1 Å². The highest BCUT2D eigenvalue weighted by Crippen LogP contribution is 2.27. The van der Waals surface area contributed by atoms with Gasteiger partial charge in [0.05, 0.1) is 5.92 Å². The highest BCUT2D eigenvalue weighted by molar-refractivity contribution is 5.86. The zero-order valence-electron chi connectivity index (χ0n) is 13.2. The van der Waals surface area contributed by atoms with Crippen LogP contribution < -0.4 is 10.2 Å². The second kappa shape index (κ2) is 5.86. The normalized spacial score (nSPS) is 15.4. The van der Waals surface area contributed by atoms with Gasteiger partial charge in [0.2, 0.25) is 5.91 Å². The lowest BCUT2D eigenvalue weighted by Crippen LogP contribution is -2.54. The summed E-state index contributed by atoms with van der Waals surface area (Å²) in [6, 6.07) is 0. The van der Waals surface area contributed by atoms with Crippen LogP contribution in [0.25, 0.3) is 11.2 Å². The predicted octanol–water partition coefficient (Wildman–Crippen LogP) is 0.357. The minimum absolute atomic E-state index is 0.0221. The fourth-order valence-corrected chi connectivity index (χ4v) is 2.52. The van der Waals surface area contributed by atoms with E-state index in [9.17, 15) is 4.79 Å². The molecule has 0 unspecified atom stereocenters. The van der Waals surface area contributed by atoms with Crippen LogP contribution >= 0.6 is 0 Å². The summed E-state index contributed by atoms with van der Waals surface area (Å²) in [5, 5.41) is 11.1. The standard InChI is InChI=1S/C14H21N7O/c1-9(2)4-5-15-14(22)10-6-21(7-10)13-11-12(16-8-17-13)20(3)19-18-11/h8-10H,4-7H2,1-3H3,(H,15,22). The molecule has 1 aliphatic rings. The van der Waals surface area contributed by atoms with E-state index in [-0.39, 0.29) is 11.8 Å². The summed E-state index contributed by atoms with van der Waals surface area (Å²) in [5.41, 5.74) is 1.39. The SMILES string of the molecule is CC(C)CCNC(=O)C1CN(c2ncnc3c2nnn3C)C1. The van der Waals surface area contributed by atoms with E-state index in [0.29, 0.717) is 30.2 Å². The van der Waals surface area contributed by atoms with Crippen molar-refractivity contribution in [1.29, 1.82) is 0 Å². The van der Waals surface area contributed by atoms with E-state index in [0.717, 1.165) is 18.8 Å². The molecule has 8 heteroatoms. The molecule has 3 rings (SSSR count). The summed E-state index contributed by atoms with van der Waals surface area (Å²) >= 11 is 0. The van der Waals surface area contributed by atoms with Crippen molar-refractivity contribution >= 4 is 22.9 Å². The summed E-state index contributed by atoms with van der Waals surface area (Å²) in [7, 11) is 1.80. The van der Waals surface area contributed by atoms with Gasteiger partial charge >= 0.3 is 0 Å². The number of nitrogens with zero attached hydrogens (tertiary/aromatic N) is 6. The average molecular weight is 303 g/mol. The van der Waals surface area contributed by atoms with Gasteiger partial charge in [-0.05, 0) is 12.3 Å². The van der Waals surface area contributed by atoms with Crippen molar-refractivity contribution in [3.05, 3.63) is 6.33 Å². The van der Waals surface area contributed by atoms with E-state index >= 15 is 0 Å². The molecule has 1 amide bonds. The number of aromatic nitrogens is 5. The molecule has 1 N–H and O–H groups in total. The van der Waals surface area contributed by atoms with E-state index in [4.69, 9.17) is 0 Å². The number of anilines is 1. The maximum atomic E-state index is 12.0. The molecule has 0 aromatic carbocycles. The number of amides is 1. The number of carbonyl (C=O) groups excluding carboxylic acids is 1. The first kappa shape index (κ1) is 14.7. The van der Waals surface area contributed by atoms with Gasteiger partial charge in [-0.25, -0.2) is 14.6 Å². The lowest BCUT2D eigenvalue weighted by Gasteiger charge is -2.38. The van der Waals surface area contributed by atoms with Crippen molar-refractivity contribution in [1.82, 2.24) is 30.3 Å². The van der Waals surface area contributed by atoms with Crippen molar-refractivity contribution in [2.75, 3.05) is 24.5 Å². The number of rotatable bonds is 5. The van der Waals surface area contributed by atoms with Gasteiger partial charge in [0.25, 0.3) is 0 Å². The molecule has 1 fully saturated rings. The average Bonchev–Trinajstić information content (AvgIpc) is 2.79. The Labute approximate surface area is 128 Å². The van der Waals surface area contributed by atoms with Crippen LogP contribution in [-0.4, -0.2) is 50.5 Å². The van der Waals surface area contributed by atoms with Crippen LogP contribution in [0.1, 0.15) is 20.3 Å². The van der Waals surface area contributed by atoms with Crippen molar-refractivity contribution in [3.8, 4) is 0 Å². The quantitative estimate of drug-likeness (QED) is 0.858. The molecular weight excluding hydrogens is 282 g/mol. The predicted molar refractivity (Wildman–Crippen MR) is 82.3 cm³/mol. The first-order valence-electron chi connectivity index (χ1n) is 7.59. The fourth-order valence-electron chi connectivity index (χ4n) is 2.52. The monoisotopic (exact) mass is 303 g/mol. The zero-order chi connectivity index (χ0) is 15.7. The molecular formula is C14H21N7O. The van der Waals surface area contributed by atoms with Gasteiger partial charge < -0.3 is 10.2 Å². The number of hydrogen-bond acceptors (Lipinski definition) is 6. The van der Waals surface area contributed by atoms with Gasteiger partial charge in [0.1, 0.15) is 6.33 Å². The van der Waals surface area contributed by atoms with Gasteiger partial charge in [-0.15, -0.1) is 5.10 Å². The molecule has 2 aromatic rings. The third kappa shape index (κ3) is 2.72. The van der Waals surface area contributed by atoms with E-state index in [1.165, 1.54) is 6.33 Å². The largest absolute Gasteiger partial charge is 0.356 e. The van der Waals surface area contributed by atoms with Gasteiger partial charge in [0.15, 0.2) is 17.0 Å². The molecule has 0 spiro atoms. The second-order valence-electron chi connectivity index (χ2n) is 6.16. The van der Waals surface area contributed by atoms with Crippen molar-refractivity contribution in [2.24, 2.45) is 18.9 Å². The highest BCUT2D eigenvalue weighted by Gasteiger charge is 2.34. The molecule has 1 saturated heterocycles. The fraction of sp³-hybridized carbons (Fsp3) is 0.643. The topological polar surface area (TPSA) is 88.8 Å². The van der Waals surface area contributed by atoms with E-state index < -0.39 is 0 Å². The lowest BCUT2D eigenvalue weighted by atomic mass is 9.99. The van der Waals surface area contributed by atoms with Gasteiger partial charge in [-0.3, -0.25) is 4.79 Å². The van der Waals surface area contributed by atoms with Crippen LogP contribution in [0.2, 0.25) is 0 Å². The number of carbonyl (C=O) groups is 1. The van der Waals surface area contributed by atoms with Crippen LogP contribution in [-0.2, 0) is 11.8 Å². The number of fused-ring (bicyclic) bond motifs is 1. The Morgan fingerprint density at radius 1 is 1.41 bits per heavy atom. The van der Waals surface area contributed by atoms with Gasteiger partial charge in [-0.2, -0.15) is 0 Å². The Bertz CT molecular complexity index is 675. The molecule has 8 nitrogen and oxygen atoms in total. The Balaban J connectivity index is 1.59. The zero-order valence-corrected chi connectivity index (χ0v) is 13.2. The van der Waals surface area contributed by atoms with E-state index in [2.05, 4.69) is 39.4 Å².